The lowest BCUT2D eigenvalue weighted by molar-refractivity contribution is -0.384. The maximum Gasteiger partial charge on any atom is 0.332 e. The van der Waals surface area contributed by atoms with Gasteiger partial charge in [0, 0.05) is 9.64 Å². The highest BCUT2D eigenvalue weighted by Gasteiger charge is 2.14. The van der Waals surface area contributed by atoms with E-state index >= 15 is 0 Å². The van der Waals surface area contributed by atoms with Crippen LogP contribution in [0.2, 0.25) is 0 Å². The molecule has 16 heavy (non-hydrogen) atoms. The Labute approximate surface area is 104 Å². The number of hydrogen-bond donors (Lipinski definition) is 2. The Morgan fingerprint density at radius 3 is 2.88 bits per heavy atom. The van der Waals surface area contributed by atoms with Gasteiger partial charge in [0.15, 0.2) is 6.61 Å². The average Bonchev–Trinajstić information content (AvgIpc) is 2.19. The quantitative estimate of drug-likeness (QED) is 0.481. The number of rotatable bonds is 5. The summed E-state index contributed by atoms with van der Waals surface area (Å²) in [5.74, 6) is -1.17. The van der Waals surface area contributed by atoms with Crippen molar-refractivity contribution < 1.29 is 19.7 Å². The average molecular weight is 338 g/mol. The molecule has 0 aliphatic carbocycles. The molecule has 0 radical (unpaired) electrons. The SMILES string of the molecule is O=C(O)CONc1ccc(I)cc1[N+](=O)[O-]. The highest BCUT2D eigenvalue weighted by molar-refractivity contribution is 14.1. The first kappa shape index (κ1) is 12.6. The molecule has 8 heteroatoms. The van der Waals surface area contributed by atoms with Gasteiger partial charge in [0.25, 0.3) is 5.69 Å². The van der Waals surface area contributed by atoms with Crippen LogP contribution in [0.3, 0.4) is 0 Å². The Kier molecular flexibility index (Phi) is 4.43. The molecule has 0 spiro atoms. The second-order valence-corrected chi connectivity index (χ2v) is 3.95. The highest BCUT2D eigenvalue weighted by Crippen LogP contribution is 2.26. The summed E-state index contributed by atoms with van der Waals surface area (Å²) in [5, 5.41) is 19.0. The van der Waals surface area contributed by atoms with Gasteiger partial charge in [0.1, 0.15) is 5.69 Å². The number of hydrogen-bond acceptors (Lipinski definition) is 5. The predicted octanol–water partition coefficient (Wildman–Crippen LogP) is 1.63. The molecule has 1 aromatic rings. The summed E-state index contributed by atoms with van der Waals surface area (Å²) in [6, 6.07) is 4.44. The van der Waals surface area contributed by atoms with Crippen LogP contribution < -0.4 is 5.48 Å². The van der Waals surface area contributed by atoms with E-state index in [2.05, 4.69) is 10.3 Å². The van der Waals surface area contributed by atoms with Crippen molar-refractivity contribution in [3.8, 4) is 0 Å². The number of nitro benzene ring substituents is 1. The number of anilines is 1. The summed E-state index contributed by atoms with van der Waals surface area (Å²) in [6.07, 6.45) is 0. The molecule has 0 bridgehead atoms. The highest BCUT2D eigenvalue weighted by atomic mass is 127. The van der Waals surface area contributed by atoms with Crippen LogP contribution >= 0.6 is 22.6 Å². The molecule has 0 saturated carbocycles. The van der Waals surface area contributed by atoms with Crippen molar-refractivity contribution in [3.63, 3.8) is 0 Å². The third-order valence-corrected chi connectivity index (χ3v) is 2.21. The second kappa shape index (κ2) is 5.61. The number of carbonyl (C=O) groups is 1. The minimum atomic E-state index is -1.17. The lowest BCUT2D eigenvalue weighted by Crippen LogP contribution is -2.12. The molecule has 0 heterocycles. The van der Waals surface area contributed by atoms with Gasteiger partial charge in [-0.1, -0.05) is 0 Å². The fraction of sp³-hybridized carbons (Fsp3) is 0.125. The van der Waals surface area contributed by atoms with Gasteiger partial charge in [-0.2, -0.15) is 0 Å². The molecule has 0 unspecified atom stereocenters. The second-order valence-electron chi connectivity index (χ2n) is 2.70. The molecular weight excluding hydrogens is 331 g/mol. The van der Waals surface area contributed by atoms with Gasteiger partial charge < -0.3 is 5.11 Å². The first-order valence-electron chi connectivity index (χ1n) is 4.04. The van der Waals surface area contributed by atoms with Crippen molar-refractivity contribution in [2.75, 3.05) is 12.1 Å². The molecular formula is C8H7IN2O5. The third-order valence-electron chi connectivity index (χ3n) is 1.53. The maximum absolute atomic E-state index is 10.7. The van der Waals surface area contributed by atoms with Gasteiger partial charge >= 0.3 is 5.97 Å². The van der Waals surface area contributed by atoms with Crippen molar-refractivity contribution in [3.05, 3.63) is 31.9 Å². The van der Waals surface area contributed by atoms with Crippen LogP contribution in [0.25, 0.3) is 0 Å². The minimum Gasteiger partial charge on any atom is -0.479 e. The monoisotopic (exact) mass is 338 g/mol. The van der Waals surface area contributed by atoms with E-state index in [0.29, 0.717) is 3.57 Å². The van der Waals surface area contributed by atoms with Crippen molar-refractivity contribution >= 4 is 39.9 Å². The normalized spacial score (nSPS) is 9.81. The summed E-state index contributed by atoms with van der Waals surface area (Å²) in [6.45, 7) is -0.580. The van der Waals surface area contributed by atoms with E-state index in [1.165, 1.54) is 12.1 Å². The van der Waals surface area contributed by atoms with Crippen LogP contribution in [0.4, 0.5) is 11.4 Å². The van der Waals surface area contributed by atoms with E-state index < -0.39 is 17.5 Å². The van der Waals surface area contributed by atoms with Crippen LogP contribution in [0.15, 0.2) is 18.2 Å². The van der Waals surface area contributed by atoms with Gasteiger partial charge in [-0.25, -0.2) is 4.79 Å². The van der Waals surface area contributed by atoms with E-state index in [-0.39, 0.29) is 11.4 Å². The lowest BCUT2D eigenvalue weighted by atomic mass is 10.3. The number of nitro groups is 1. The Morgan fingerprint density at radius 2 is 2.31 bits per heavy atom. The van der Waals surface area contributed by atoms with Crippen LogP contribution in [-0.4, -0.2) is 22.6 Å². The summed E-state index contributed by atoms with van der Waals surface area (Å²) in [7, 11) is 0. The zero-order chi connectivity index (χ0) is 12.1. The molecule has 0 aromatic heterocycles. The number of benzene rings is 1. The summed E-state index contributed by atoms with van der Waals surface area (Å²) >= 11 is 1.94. The number of halogens is 1. The fourth-order valence-corrected chi connectivity index (χ4v) is 1.39. The summed E-state index contributed by atoms with van der Waals surface area (Å²) in [4.78, 5) is 24.8. The molecule has 1 aromatic carbocycles. The van der Waals surface area contributed by atoms with Gasteiger partial charge in [-0.3, -0.25) is 20.4 Å². The third kappa shape index (κ3) is 3.62. The van der Waals surface area contributed by atoms with E-state index in [0.717, 1.165) is 0 Å². The predicted molar refractivity (Wildman–Crippen MR) is 63.0 cm³/mol. The molecule has 0 aliphatic heterocycles. The fourth-order valence-electron chi connectivity index (χ4n) is 0.918. The number of aliphatic carboxylic acids is 1. The molecule has 0 aliphatic rings. The zero-order valence-corrected chi connectivity index (χ0v) is 10.0. The standard InChI is InChI=1S/C8H7IN2O5/c9-5-1-2-6(7(3-5)11(14)15)10-16-4-8(12)13/h1-3,10H,4H2,(H,12,13). The van der Waals surface area contributed by atoms with E-state index in [1.807, 2.05) is 22.6 Å². The van der Waals surface area contributed by atoms with Crippen LogP contribution in [-0.2, 0) is 9.63 Å². The number of carboxylic acids is 1. The van der Waals surface area contributed by atoms with Crippen molar-refractivity contribution in [2.24, 2.45) is 0 Å². The van der Waals surface area contributed by atoms with Crippen molar-refractivity contribution in [1.82, 2.24) is 0 Å². The smallest absolute Gasteiger partial charge is 0.332 e. The van der Waals surface area contributed by atoms with E-state index in [4.69, 9.17) is 5.11 Å². The van der Waals surface area contributed by atoms with Crippen LogP contribution in [0.1, 0.15) is 0 Å². The molecule has 2 N–H and O–H groups in total. The maximum atomic E-state index is 10.7. The van der Waals surface area contributed by atoms with Crippen molar-refractivity contribution in [1.29, 1.82) is 0 Å². The molecule has 0 saturated heterocycles. The van der Waals surface area contributed by atoms with Gasteiger partial charge in [-0.15, -0.1) is 0 Å². The Bertz CT molecular complexity index is 423. The Hall–Kier alpha value is -1.42. The molecule has 7 nitrogen and oxygen atoms in total. The van der Waals surface area contributed by atoms with Crippen LogP contribution in [0, 0.1) is 13.7 Å². The Morgan fingerprint density at radius 1 is 1.62 bits per heavy atom. The molecule has 0 fully saturated rings. The lowest BCUT2D eigenvalue weighted by Gasteiger charge is -2.05. The summed E-state index contributed by atoms with van der Waals surface area (Å²) < 4.78 is 0.702. The van der Waals surface area contributed by atoms with E-state index in [1.54, 1.807) is 6.07 Å². The number of carboxylic acid groups (broad SMARTS) is 1. The summed E-state index contributed by atoms with van der Waals surface area (Å²) in [5.41, 5.74) is 2.18. The topological polar surface area (TPSA) is 102 Å². The molecule has 1 rings (SSSR count). The van der Waals surface area contributed by atoms with Gasteiger partial charge in [0.05, 0.1) is 4.92 Å². The number of nitrogens with zero attached hydrogens (tertiary/aromatic N) is 1. The van der Waals surface area contributed by atoms with Gasteiger partial charge in [-0.05, 0) is 34.7 Å². The van der Waals surface area contributed by atoms with Crippen LogP contribution in [0.5, 0.6) is 0 Å². The largest absolute Gasteiger partial charge is 0.479 e. The molecule has 86 valence electrons. The zero-order valence-electron chi connectivity index (χ0n) is 7.84. The van der Waals surface area contributed by atoms with Crippen molar-refractivity contribution in [2.45, 2.75) is 0 Å². The van der Waals surface area contributed by atoms with Gasteiger partial charge in [0.2, 0.25) is 0 Å². The first-order valence-corrected chi connectivity index (χ1v) is 5.12. The minimum absolute atomic E-state index is 0.117. The first-order chi connectivity index (χ1) is 7.50. The Balaban J connectivity index is 2.78. The molecule has 0 atom stereocenters. The number of nitrogens with one attached hydrogen (secondary N) is 1. The van der Waals surface area contributed by atoms with E-state index in [9.17, 15) is 14.9 Å². The molecule has 0 amide bonds.